The van der Waals surface area contributed by atoms with Crippen LogP contribution in [0.15, 0.2) is 78.9 Å². The third-order valence-electron chi connectivity index (χ3n) is 3.92. The van der Waals surface area contributed by atoms with Crippen LogP contribution in [0.25, 0.3) is 0 Å². The number of ether oxygens (including phenoxy) is 3. The van der Waals surface area contributed by atoms with E-state index >= 15 is 0 Å². The van der Waals surface area contributed by atoms with Crippen LogP contribution in [0, 0.1) is 5.82 Å². The smallest absolute Gasteiger partial charge is 0.342 e. The van der Waals surface area contributed by atoms with E-state index in [1.807, 2.05) is 30.3 Å². The zero-order valence-corrected chi connectivity index (χ0v) is 16.0. The van der Waals surface area contributed by atoms with Crippen molar-refractivity contribution in [1.82, 2.24) is 0 Å². The van der Waals surface area contributed by atoms with Gasteiger partial charge in [-0.05, 0) is 48.5 Å². The van der Waals surface area contributed by atoms with E-state index in [1.54, 1.807) is 24.3 Å². The Kier molecular flexibility index (Phi) is 7.38. The van der Waals surface area contributed by atoms with E-state index in [0.29, 0.717) is 18.0 Å². The number of hydrogen-bond acceptors (Lipinski definition) is 5. The summed E-state index contributed by atoms with van der Waals surface area (Å²) < 4.78 is 29.2. The number of benzene rings is 3. The molecule has 0 aliphatic heterocycles. The van der Waals surface area contributed by atoms with Crippen LogP contribution in [-0.2, 0) is 9.53 Å². The molecule has 1 N–H and O–H groups in total. The highest BCUT2D eigenvalue weighted by Gasteiger charge is 2.15. The van der Waals surface area contributed by atoms with Crippen LogP contribution < -0.4 is 14.8 Å². The number of carbonyl (C=O) groups is 2. The summed E-state index contributed by atoms with van der Waals surface area (Å²) in [6.07, 6.45) is 0. The summed E-state index contributed by atoms with van der Waals surface area (Å²) in [7, 11) is 0. The predicted octanol–water partition coefficient (Wildman–Crippen LogP) is 4.08. The Morgan fingerprint density at radius 2 is 1.47 bits per heavy atom. The number of halogens is 1. The van der Waals surface area contributed by atoms with Crippen LogP contribution in [0.3, 0.4) is 0 Å². The van der Waals surface area contributed by atoms with Crippen molar-refractivity contribution in [2.24, 2.45) is 0 Å². The van der Waals surface area contributed by atoms with Gasteiger partial charge in [0.05, 0.1) is 0 Å². The Morgan fingerprint density at radius 1 is 0.800 bits per heavy atom. The molecule has 0 spiro atoms. The number of rotatable bonds is 9. The minimum absolute atomic E-state index is 0.201. The third kappa shape index (κ3) is 6.34. The van der Waals surface area contributed by atoms with Gasteiger partial charge in [0.2, 0.25) is 0 Å². The molecule has 6 nitrogen and oxygen atoms in total. The van der Waals surface area contributed by atoms with Gasteiger partial charge >= 0.3 is 5.97 Å². The number of carbonyl (C=O) groups excluding carboxylic acids is 2. The Balaban J connectivity index is 1.48. The van der Waals surface area contributed by atoms with E-state index in [9.17, 15) is 14.0 Å². The molecule has 7 heteroatoms. The van der Waals surface area contributed by atoms with E-state index in [-0.39, 0.29) is 12.2 Å². The van der Waals surface area contributed by atoms with Gasteiger partial charge in [-0.2, -0.15) is 0 Å². The van der Waals surface area contributed by atoms with E-state index in [0.717, 1.165) is 5.75 Å². The maximum Gasteiger partial charge on any atom is 0.342 e. The molecule has 0 aliphatic carbocycles. The SMILES string of the molecule is O=C(COC(=O)c1ccccc1OCCOc1ccccc1)Nc1ccc(F)cc1. The Labute approximate surface area is 173 Å². The molecule has 0 radical (unpaired) electrons. The maximum atomic E-state index is 12.9. The standard InChI is InChI=1S/C23H20FNO5/c24-17-10-12-18(13-11-17)25-22(26)16-30-23(27)20-8-4-5-9-21(20)29-15-14-28-19-6-2-1-3-7-19/h1-13H,14-16H2,(H,25,26). The Bertz CT molecular complexity index is 976. The highest BCUT2D eigenvalue weighted by Crippen LogP contribution is 2.19. The zero-order valence-electron chi connectivity index (χ0n) is 16.0. The number of esters is 1. The third-order valence-corrected chi connectivity index (χ3v) is 3.92. The molecule has 0 unspecified atom stereocenters. The highest BCUT2D eigenvalue weighted by atomic mass is 19.1. The van der Waals surface area contributed by atoms with E-state index in [1.165, 1.54) is 24.3 Å². The fourth-order valence-electron chi connectivity index (χ4n) is 2.53. The van der Waals surface area contributed by atoms with Gasteiger partial charge in [-0.25, -0.2) is 9.18 Å². The summed E-state index contributed by atoms with van der Waals surface area (Å²) in [6.45, 7) is 0.0410. The van der Waals surface area contributed by atoms with E-state index in [4.69, 9.17) is 14.2 Å². The molecular formula is C23H20FNO5. The molecule has 3 rings (SSSR count). The van der Waals surface area contributed by atoms with Gasteiger partial charge in [0.15, 0.2) is 6.61 Å². The molecular weight excluding hydrogens is 389 g/mol. The van der Waals surface area contributed by atoms with Gasteiger partial charge in [-0.1, -0.05) is 30.3 Å². The van der Waals surface area contributed by atoms with E-state index < -0.39 is 24.3 Å². The lowest BCUT2D eigenvalue weighted by molar-refractivity contribution is -0.119. The molecule has 3 aromatic carbocycles. The lowest BCUT2D eigenvalue weighted by Crippen LogP contribution is -2.21. The van der Waals surface area contributed by atoms with Crippen LogP contribution in [0.5, 0.6) is 11.5 Å². The lowest BCUT2D eigenvalue weighted by atomic mass is 10.2. The molecule has 0 saturated heterocycles. The van der Waals surface area contributed by atoms with Crippen LogP contribution >= 0.6 is 0 Å². The first kappa shape index (κ1) is 20.9. The molecule has 3 aromatic rings. The number of hydrogen-bond donors (Lipinski definition) is 1. The topological polar surface area (TPSA) is 73.9 Å². The van der Waals surface area contributed by atoms with Gasteiger partial charge in [0.25, 0.3) is 5.91 Å². The minimum atomic E-state index is -0.691. The quantitative estimate of drug-likeness (QED) is 0.426. The molecule has 0 bridgehead atoms. The zero-order chi connectivity index (χ0) is 21.2. The summed E-state index contributed by atoms with van der Waals surface area (Å²) in [4.78, 5) is 24.3. The molecule has 30 heavy (non-hydrogen) atoms. The van der Waals surface area contributed by atoms with Crippen LogP contribution in [-0.4, -0.2) is 31.7 Å². The fraction of sp³-hybridized carbons (Fsp3) is 0.130. The summed E-state index contributed by atoms with van der Waals surface area (Å²) in [5, 5.41) is 2.52. The number of para-hydroxylation sites is 2. The Hall–Kier alpha value is -3.87. The first-order valence-electron chi connectivity index (χ1n) is 9.24. The molecule has 0 saturated carbocycles. The molecule has 0 fully saturated rings. The van der Waals surface area contributed by atoms with Crippen molar-refractivity contribution in [1.29, 1.82) is 0 Å². The van der Waals surface area contributed by atoms with Gasteiger partial charge < -0.3 is 19.5 Å². The number of amides is 1. The number of nitrogens with one attached hydrogen (secondary N) is 1. The monoisotopic (exact) mass is 409 g/mol. The lowest BCUT2D eigenvalue weighted by Gasteiger charge is -2.12. The average Bonchev–Trinajstić information content (AvgIpc) is 2.78. The van der Waals surface area contributed by atoms with Gasteiger partial charge in [0.1, 0.15) is 36.1 Å². The molecule has 0 aliphatic rings. The second kappa shape index (κ2) is 10.6. The average molecular weight is 409 g/mol. The van der Waals surface area contributed by atoms with Crippen LogP contribution in [0.4, 0.5) is 10.1 Å². The number of anilines is 1. The maximum absolute atomic E-state index is 12.9. The van der Waals surface area contributed by atoms with Crippen molar-refractivity contribution in [2.45, 2.75) is 0 Å². The second-order valence-electron chi connectivity index (χ2n) is 6.14. The van der Waals surface area contributed by atoms with Crippen molar-refractivity contribution in [3.63, 3.8) is 0 Å². The first-order valence-corrected chi connectivity index (χ1v) is 9.24. The molecule has 1 amide bonds. The highest BCUT2D eigenvalue weighted by molar-refractivity contribution is 5.96. The second-order valence-corrected chi connectivity index (χ2v) is 6.14. The largest absolute Gasteiger partial charge is 0.490 e. The van der Waals surface area contributed by atoms with Crippen LogP contribution in [0.1, 0.15) is 10.4 Å². The minimum Gasteiger partial charge on any atom is -0.490 e. The fourth-order valence-corrected chi connectivity index (χ4v) is 2.53. The first-order chi connectivity index (χ1) is 14.6. The predicted molar refractivity (Wildman–Crippen MR) is 109 cm³/mol. The van der Waals surface area contributed by atoms with Crippen molar-refractivity contribution in [2.75, 3.05) is 25.1 Å². The van der Waals surface area contributed by atoms with Crippen molar-refractivity contribution in [3.8, 4) is 11.5 Å². The summed E-state index contributed by atoms with van der Waals surface area (Å²) in [5.41, 5.74) is 0.603. The van der Waals surface area contributed by atoms with Crippen molar-refractivity contribution >= 4 is 17.6 Å². The van der Waals surface area contributed by atoms with Crippen molar-refractivity contribution in [3.05, 3.63) is 90.2 Å². The van der Waals surface area contributed by atoms with Crippen molar-refractivity contribution < 1.29 is 28.2 Å². The molecule has 0 heterocycles. The molecule has 154 valence electrons. The Morgan fingerprint density at radius 3 is 2.23 bits per heavy atom. The summed E-state index contributed by atoms with van der Waals surface area (Å²) >= 11 is 0. The van der Waals surface area contributed by atoms with Gasteiger partial charge in [0, 0.05) is 5.69 Å². The van der Waals surface area contributed by atoms with Crippen LogP contribution in [0.2, 0.25) is 0 Å². The van der Waals surface area contributed by atoms with Gasteiger partial charge in [-0.3, -0.25) is 4.79 Å². The molecule has 0 atom stereocenters. The normalized spacial score (nSPS) is 10.2. The summed E-state index contributed by atoms with van der Waals surface area (Å²) in [6, 6.07) is 21.1. The summed E-state index contributed by atoms with van der Waals surface area (Å²) in [5.74, 6) is -0.585. The van der Waals surface area contributed by atoms with Gasteiger partial charge in [-0.15, -0.1) is 0 Å². The molecule has 0 aromatic heterocycles. The van der Waals surface area contributed by atoms with E-state index in [2.05, 4.69) is 5.32 Å².